The van der Waals surface area contributed by atoms with Crippen molar-refractivity contribution >= 4 is 73.9 Å². The van der Waals surface area contributed by atoms with Crippen LogP contribution >= 0.6 is 57.7 Å². The van der Waals surface area contributed by atoms with E-state index in [1.165, 1.54) is 17.4 Å². The zero-order valence-electron chi connectivity index (χ0n) is 14.5. The minimum atomic E-state index is -0.467. The Hall–Kier alpha value is -1.28. The lowest BCUT2D eigenvalue weighted by molar-refractivity contribution is -0.120. The topological polar surface area (TPSA) is 52.8 Å². The zero-order chi connectivity index (χ0) is 20.3. The summed E-state index contributed by atoms with van der Waals surface area (Å²) in [6, 6.07) is 8.31. The van der Waals surface area contributed by atoms with E-state index in [4.69, 9.17) is 55.9 Å². The van der Waals surface area contributed by atoms with Crippen LogP contribution in [0.15, 0.2) is 35.3 Å². The van der Waals surface area contributed by atoms with E-state index in [1.54, 1.807) is 25.3 Å². The SMILES string of the molecule is COCCn1c(=NC(=O)COc2ccc(Cl)cc2Cl)sc2ccc(Cl)c(Cl)c21. The molecule has 1 amide bonds. The molecule has 0 atom stereocenters. The summed E-state index contributed by atoms with van der Waals surface area (Å²) in [6.45, 7) is 0.619. The molecule has 1 aromatic heterocycles. The number of ether oxygens (including phenoxy) is 2. The molecule has 0 aliphatic carbocycles. The van der Waals surface area contributed by atoms with Gasteiger partial charge >= 0.3 is 0 Å². The molecule has 3 aromatic rings. The van der Waals surface area contributed by atoms with Crippen molar-refractivity contribution < 1.29 is 14.3 Å². The number of benzene rings is 2. The van der Waals surface area contributed by atoms with Gasteiger partial charge in [0.05, 0.1) is 31.9 Å². The van der Waals surface area contributed by atoms with Crippen LogP contribution in [0.3, 0.4) is 0 Å². The Kier molecular flexibility index (Phi) is 7.25. The summed E-state index contributed by atoms with van der Waals surface area (Å²) in [5.74, 6) is -0.112. The number of halogens is 4. The van der Waals surface area contributed by atoms with Gasteiger partial charge < -0.3 is 14.0 Å². The Morgan fingerprint density at radius 3 is 2.64 bits per heavy atom. The van der Waals surface area contributed by atoms with Crippen molar-refractivity contribution in [2.24, 2.45) is 4.99 Å². The third-order valence-electron chi connectivity index (χ3n) is 3.72. The first kappa shape index (κ1) is 21.4. The van der Waals surface area contributed by atoms with Gasteiger partial charge in [-0.15, -0.1) is 0 Å². The van der Waals surface area contributed by atoms with Crippen molar-refractivity contribution in [3.8, 4) is 5.75 Å². The third kappa shape index (κ3) is 4.82. The summed E-state index contributed by atoms with van der Waals surface area (Å²) in [6.07, 6.45) is 0. The summed E-state index contributed by atoms with van der Waals surface area (Å²) in [5.41, 5.74) is 0.712. The van der Waals surface area contributed by atoms with Gasteiger partial charge in [-0.2, -0.15) is 4.99 Å². The number of hydrogen-bond acceptors (Lipinski definition) is 4. The number of rotatable bonds is 6. The predicted octanol–water partition coefficient (Wildman–Crippen LogP) is 5.47. The van der Waals surface area contributed by atoms with Crippen LogP contribution in [0.1, 0.15) is 0 Å². The van der Waals surface area contributed by atoms with E-state index < -0.39 is 5.91 Å². The van der Waals surface area contributed by atoms with Gasteiger partial charge in [-0.1, -0.05) is 57.7 Å². The van der Waals surface area contributed by atoms with Crippen LogP contribution in [0.25, 0.3) is 10.2 Å². The van der Waals surface area contributed by atoms with Crippen molar-refractivity contribution in [3.63, 3.8) is 0 Å². The lowest BCUT2D eigenvalue weighted by atomic mass is 10.3. The van der Waals surface area contributed by atoms with Gasteiger partial charge in [0.15, 0.2) is 11.4 Å². The first-order chi connectivity index (χ1) is 13.4. The largest absolute Gasteiger partial charge is 0.482 e. The summed E-state index contributed by atoms with van der Waals surface area (Å²) in [4.78, 5) is 17.0. The van der Waals surface area contributed by atoms with Crippen molar-refractivity contribution in [2.45, 2.75) is 6.54 Å². The molecule has 0 saturated heterocycles. The molecule has 0 unspecified atom stereocenters. The highest BCUT2D eigenvalue weighted by molar-refractivity contribution is 7.16. The Morgan fingerprint density at radius 1 is 1.14 bits per heavy atom. The Labute approximate surface area is 185 Å². The van der Waals surface area contributed by atoms with E-state index >= 15 is 0 Å². The molecule has 10 heteroatoms. The average molecular weight is 480 g/mol. The van der Waals surface area contributed by atoms with E-state index in [-0.39, 0.29) is 6.61 Å². The molecule has 0 radical (unpaired) electrons. The smallest absolute Gasteiger partial charge is 0.286 e. The highest BCUT2D eigenvalue weighted by Gasteiger charge is 2.14. The molecule has 2 aromatic carbocycles. The van der Waals surface area contributed by atoms with Crippen molar-refractivity contribution in [1.82, 2.24) is 4.57 Å². The molecular formula is C18H14Cl4N2O3S. The van der Waals surface area contributed by atoms with Crippen LogP contribution in [-0.4, -0.2) is 30.8 Å². The number of fused-ring (bicyclic) bond motifs is 1. The summed E-state index contributed by atoms with van der Waals surface area (Å²) < 4.78 is 13.3. The molecular weight excluding hydrogens is 466 g/mol. The average Bonchev–Trinajstić information content (AvgIpc) is 3.00. The molecule has 0 aliphatic heterocycles. The summed E-state index contributed by atoms with van der Waals surface area (Å²) in [7, 11) is 1.59. The van der Waals surface area contributed by atoms with Gasteiger partial charge in [0.25, 0.3) is 5.91 Å². The van der Waals surface area contributed by atoms with Crippen molar-refractivity contribution in [2.75, 3.05) is 20.3 Å². The second kappa shape index (κ2) is 9.48. The quantitative estimate of drug-likeness (QED) is 0.471. The minimum absolute atomic E-state index is 0.269. The molecule has 0 saturated carbocycles. The van der Waals surface area contributed by atoms with Crippen LogP contribution in [0.5, 0.6) is 5.75 Å². The number of carbonyl (C=O) groups is 1. The van der Waals surface area contributed by atoms with E-state index in [0.717, 1.165) is 4.70 Å². The normalized spacial score (nSPS) is 12.0. The Bertz CT molecular complexity index is 1090. The van der Waals surface area contributed by atoms with Crippen LogP contribution in [0.4, 0.5) is 0 Å². The van der Waals surface area contributed by atoms with E-state index in [1.807, 2.05) is 10.6 Å². The lowest BCUT2D eigenvalue weighted by Crippen LogP contribution is -2.21. The maximum Gasteiger partial charge on any atom is 0.286 e. The minimum Gasteiger partial charge on any atom is -0.482 e. The number of hydrogen-bond donors (Lipinski definition) is 0. The number of thiazole rings is 1. The number of nitrogens with zero attached hydrogens (tertiary/aromatic N) is 2. The highest BCUT2D eigenvalue weighted by atomic mass is 35.5. The standard InChI is InChI=1S/C18H14Cl4N2O3S/c1-26-7-6-24-17-14(5-3-11(20)16(17)22)28-18(24)23-15(25)9-27-13-4-2-10(19)8-12(13)21/h2-5,8H,6-7,9H2,1H3. The van der Waals surface area contributed by atoms with Crippen LogP contribution < -0.4 is 9.54 Å². The Balaban J connectivity index is 1.91. The summed E-state index contributed by atoms with van der Waals surface area (Å²) in [5, 5.41) is 1.63. The fourth-order valence-corrected chi connectivity index (χ4v) is 4.47. The van der Waals surface area contributed by atoms with Crippen molar-refractivity contribution in [3.05, 3.63) is 55.2 Å². The van der Waals surface area contributed by atoms with Gasteiger partial charge in [-0.25, -0.2) is 0 Å². The fraction of sp³-hybridized carbons (Fsp3) is 0.222. The number of carbonyl (C=O) groups excluding carboxylic acids is 1. The van der Waals surface area contributed by atoms with E-state index in [2.05, 4.69) is 4.99 Å². The van der Waals surface area contributed by atoms with E-state index in [0.29, 0.717) is 49.3 Å². The van der Waals surface area contributed by atoms with Gasteiger partial charge in [0, 0.05) is 18.7 Å². The summed E-state index contributed by atoms with van der Waals surface area (Å²) >= 11 is 25.7. The molecule has 1 heterocycles. The van der Waals surface area contributed by atoms with Crippen LogP contribution in [-0.2, 0) is 16.1 Å². The number of amides is 1. The maximum absolute atomic E-state index is 12.4. The third-order valence-corrected chi connectivity index (χ3v) is 6.09. The van der Waals surface area contributed by atoms with Gasteiger partial charge in [0.1, 0.15) is 5.75 Å². The Morgan fingerprint density at radius 2 is 1.93 bits per heavy atom. The molecule has 0 aliphatic rings. The lowest BCUT2D eigenvalue weighted by Gasteiger charge is -2.07. The molecule has 28 heavy (non-hydrogen) atoms. The zero-order valence-corrected chi connectivity index (χ0v) is 18.4. The van der Waals surface area contributed by atoms with Gasteiger partial charge in [-0.3, -0.25) is 4.79 Å². The predicted molar refractivity (Wildman–Crippen MR) is 114 cm³/mol. The second-order valence-electron chi connectivity index (χ2n) is 5.61. The molecule has 3 rings (SSSR count). The number of methoxy groups -OCH3 is 1. The molecule has 5 nitrogen and oxygen atoms in total. The molecule has 0 bridgehead atoms. The second-order valence-corrected chi connectivity index (χ2v) is 8.24. The van der Waals surface area contributed by atoms with Gasteiger partial charge in [-0.05, 0) is 30.3 Å². The maximum atomic E-state index is 12.4. The van der Waals surface area contributed by atoms with Crippen LogP contribution in [0.2, 0.25) is 20.1 Å². The molecule has 0 spiro atoms. The number of aromatic nitrogens is 1. The van der Waals surface area contributed by atoms with Crippen molar-refractivity contribution in [1.29, 1.82) is 0 Å². The molecule has 0 N–H and O–H groups in total. The van der Waals surface area contributed by atoms with Gasteiger partial charge in [0.2, 0.25) is 0 Å². The molecule has 148 valence electrons. The first-order valence-corrected chi connectivity index (χ1v) is 10.3. The first-order valence-electron chi connectivity index (χ1n) is 8.02. The fourth-order valence-electron chi connectivity index (χ4n) is 2.45. The van der Waals surface area contributed by atoms with Crippen LogP contribution in [0, 0.1) is 0 Å². The van der Waals surface area contributed by atoms with E-state index in [9.17, 15) is 4.79 Å². The molecule has 0 fully saturated rings. The highest BCUT2D eigenvalue weighted by Crippen LogP contribution is 2.32. The monoisotopic (exact) mass is 478 g/mol.